The van der Waals surface area contributed by atoms with E-state index in [1.54, 1.807) is 24.3 Å². The van der Waals surface area contributed by atoms with E-state index in [1.807, 2.05) is 0 Å². The average molecular weight is 581 g/mol. The van der Waals surface area contributed by atoms with E-state index < -0.39 is 32.6 Å². The van der Waals surface area contributed by atoms with Crippen LogP contribution in [0.3, 0.4) is 0 Å². The van der Waals surface area contributed by atoms with E-state index in [4.69, 9.17) is 4.84 Å². The third-order valence-corrected chi connectivity index (χ3v) is 8.62. The Morgan fingerprint density at radius 3 is 2.48 bits per heavy atom. The first-order chi connectivity index (χ1) is 19.0. The SMILES string of the molecule is O=C(CONC1=CCN(S(=O)(=O)c2cccc(C(F)(F)F)c2)CC1)Nc1ccccc1C(=O)NC1CCCCC1. The van der Waals surface area contributed by atoms with Crippen LogP contribution in [0.25, 0.3) is 0 Å². The summed E-state index contributed by atoms with van der Waals surface area (Å²) in [5.41, 5.74) is 2.82. The molecule has 40 heavy (non-hydrogen) atoms. The number of carbonyl (C=O) groups is 2. The monoisotopic (exact) mass is 580 g/mol. The van der Waals surface area contributed by atoms with Crippen LogP contribution in [0.5, 0.6) is 0 Å². The molecule has 0 bridgehead atoms. The van der Waals surface area contributed by atoms with Gasteiger partial charge in [0.25, 0.3) is 11.8 Å². The van der Waals surface area contributed by atoms with Crippen LogP contribution in [-0.4, -0.2) is 50.3 Å². The molecule has 1 aliphatic carbocycles. The molecule has 1 heterocycles. The van der Waals surface area contributed by atoms with Crippen LogP contribution in [0.15, 0.2) is 65.2 Å². The zero-order chi connectivity index (χ0) is 28.8. The molecule has 2 aliphatic rings. The second kappa shape index (κ2) is 12.8. The smallest absolute Gasteiger partial charge is 0.349 e. The fourth-order valence-electron chi connectivity index (χ4n) is 4.62. The molecule has 2 amide bonds. The van der Waals surface area contributed by atoms with Crippen molar-refractivity contribution in [3.05, 3.63) is 71.4 Å². The van der Waals surface area contributed by atoms with Crippen molar-refractivity contribution in [1.29, 1.82) is 0 Å². The molecule has 4 rings (SSSR count). The summed E-state index contributed by atoms with van der Waals surface area (Å²) >= 11 is 0. The number of halogens is 3. The molecule has 0 unspecified atom stereocenters. The average Bonchev–Trinajstić information content (AvgIpc) is 2.94. The molecular formula is C27H31F3N4O5S. The number of benzene rings is 2. The van der Waals surface area contributed by atoms with Crippen LogP contribution in [0.4, 0.5) is 18.9 Å². The normalized spacial score (nSPS) is 17.1. The van der Waals surface area contributed by atoms with Gasteiger partial charge < -0.3 is 10.6 Å². The summed E-state index contributed by atoms with van der Waals surface area (Å²) in [6, 6.07) is 10.4. The number of hydrogen-bond donors (Lipinski definition) is 3. The molecule has 2 aromatic carbocycles. The van der Waals surface area contributed by atoms with Gasteiger partial charge in [-0.2, -0.15) is 17.5 Å². The molecule has 13 heteroatoms. The predicted octanol–water partition coefficient (Wildman–Crippen LogP) is 4.21. The van der Waals surface area contributed by atoms with Crippen molar-refractivity contribution < 1.29 is 36.0 Å². The lowest BCUT2D eigenvalue weighted by Crippen LogP contribution is -2.37. The van der Waals surface area contributed by atoms with Crippen molar-refractivity contribution in [3.63, 3.8) is 0 Å². The lowest BCUT2D eigenvalue weighted by atomic mass is 9.95. The number of carbonyl (C=O) groups excluding carboxylic acids is 2. The van der Waals surface area contributed by atoms with Gasteiger partial charge in [0.2, 0.25) is 10.0 Å². The Bertz CT molecular complexity index is 1360. The van der Waals surface area contributed by atoms with Crippen LogP contribution in [0.2, 0.25) is 0 Å². The Morgan fingerprint density at radius 1 is 1.02 bits per heavy atom. The van der Waals surface area contributed by atoms with Gasteiger partial charge in [-0.1, -0.05) is 37.5 Å². The van der Waals surface area contributed by atoms with E-state index in [9.17, 15) is 31.2 Å². The Morgan fingerprint density at radius 2 is 1.77 bits per heavy atom. The zero-order valence-electron chi connectivity index (χ0n) is 21.7. The minimum atomic E-state index is -4.66. The molecule has 3 N–H and O–H groups in total. The summed E-state index contributed by atoms with van der Waals surface area (Å²) in [5, 5.41) is 5.71. The maximum Gasteiger partial charge on any atom is 0.416 e. The van der Waals surface area contributed by atoms with Crippen molar-refractivity contribution >= 4 is 27.5 Å². The first-order valence-corrected chi connectivity index (χ1v) is 14.4. The summed E-state index contributed by atoms with van der Waals surface area (Å²) in [4.78, 5) is 30.1. The largest absolute Gasteiger partial charge is 0.416 e. The summed E-state index contributed by atoms with van der Waals surface area (Å²) < 4.78 is 65.7. The highest BCUT2D eigenvalue weighted by atomic mass is 32.2. The molecule has 1 fully saturated rings. The molecule has 9 nitrogen and oxygen atoms in total. The zero-order valence-corrected chi connectivity index (χ0v) is 22.5. The van der Waals surface area contributed by atoms with Crippen LogP contribution < -0.4 is 16.1 Å². The maximum absolute atomic E-state index is 13.0. The maximum atomic E-state index is 13.0. The molecule has 0 atom stereocenters. The molecule has 1 aliphatic heterocycles. The predicted molar refractivity (Wildman–Crippen MR) is 141 cm³/mol. The van der Waals surface area contributed by atoms with E-state index in [0.717, 1.165) is 48.2 Å². The number of alkyl halides is 3. The first-order valence-electron chi connectivity index (χ1n) is 13.0. The fourth-order valence-corrected chi connectivity index (χ4v) is 6.05. The fraction of sp³-hybridized carbons (Fsp3) is 0.407. The van der Waals surface area contributed by atoms with Crippen molar-refractivity contribution in [3.8, 4) is 0 Å². The van der Waals surface area contributed by atoms with E-state index in [2.05, 4.69) is 16.1 Å². The lowest BCUT2D eigenvalue weighted by Gasteiger charge is -2.26. The van der Waals surface area contributed by atoms with E-state index in [0.29, 0.717) is 23.0 Å². The van der Waals surface area contributed by atoms with E-state index in [-0.39, 0.29) is 38.1 Å². The molecule has 0 radical (unpaired) electrons. The van der Waals surface area contributed by atoms with Gasteiger partial charge in [0, 0.05) is 31.2 Å². The minimum absolute atomic E-state index is 0.0104. The van der Waals surface area contributed by atoms with Crippen molar-refractivity contribution in [1.82, 2.24) is 15.1 Å². The van der Waals surface area contributed by atoms with Gasteiger partial charge >= 0.3 is 6.18 Å². The highest BCUT2D eigenvalue weighted by Crippen LogP contribution is 2.31. The molecule has 0 aromatic heterocycles. The van der Waals surface area contributed by atoms with Gasteiger partial charge in [0.15, 0.2) is 6.61 Å². The standard InChI is InChI=1S/C27H31F3N4O5S/c28-27(29,30)19-7-6-10-22(17-19)40(37,38)34-15-13-21(14-16-34)33-39-18-25(35)32-24-12-5-4-11-23(24)26(36)31-20-8-2-1-3-9-20/h4-7,10-13,17,20,33H,1-3,8-9,14-16,18H2,(H,31,36)(H,32,35). The van der Waals surface area contributed by atoms with Gasteiger partial charge in [-0.3, -0.25) is 19.9 Å². The number of sulfonamides is 1. The Hall–Kier alpha value is -3.42. The van der Waals surface area contributed by atoms with Crippen LogP contribution >= 0.6 is 0 Å². The van der Waals surface area contributed by atoms with E-state index >= 15 is 0 Å². The second-order valence-electron chi connectivity index (χ2n) is 9.66. The van der Waals surface area contributed by atoms with Crippen LogP contribution in [0, 0.1) is 0 Å². The van der Waals surface area contributed by atoms with Crippen molar-refractivity contribution in [2.45, 2.75) is 55.6 Å². The van der Waals surface area contributed by atoms with Gasteiger partial charge in [-0.15, -0.1) is 0 Å². The number of hydroxylamine groups is 1. The van der Waals surface area contributed by atoms with Gasteiger partial charge in [-0.25, -0.2) is 8.42 Å². The number of nitrogens with zero attached hydrogens (tertiary/aromatic N) is 1. The summed E-state index contributed by atoms with van der Waals surface area (Å²) in [6.45, 7) is -0.460. The Kier molecular flexibility index (Phi) is 9.48. The van der Waals surface area contributed by atoms with Gasteiger partial charge in [0.1, 0.15) is 0 Å². The van der Waals surface area contributed by atoms with Crippen LogP contribution in [0.1, 0.15) is 54.4 Å². The number of para-hydroxylation sites is 1. The molecule has 2 aromatic rings. The second-order valence-corrected chi connectivity index (χ2v) is 11.6. The highest BCUT2D eigenvalue weighted by Gasteiger charge is 2.33. The van der Waals surface area contributed by atoms with Gasteiger partial charge in [0.05, 0.1) is 21.7 Å². The van der Waals surface area contributed by atoms with Crippen molar-refractivity contribution in [2.24, 2.45) is 0 Å². The third-order valence-electron chi connectivity index (χ3n) is 6.76. The van der Waals surface area contributed by atoms with Crippen LogP contribution in [-0.2, 0) is 25.8 Å². The molecule has 1 saturated carbocycles. The van der Waals surface area contributed by atoms with Gasteiger partial charge in [-0.05, 0) is 49.2 Å². The minimum Gasteiger partial charge on any atom is -0.349 e. The number of nitrogens with one attached hydrogen (secondary N) is 3. The number of hydrogen-bond acceptors (Lipinski definition) is 6. The summed E-state index contributed by atoms with van der Waals surface area (Å²) in [7, 11) is -4.13. The quantitative estimate of drug-likeness (QED) is 0.383. The Labute approximate surface area is 230 Å². The number of amides is 2. The van der Waals surface area contributed by atoms with Crippen molar-refractivity contribution in [2.75, 3.05) is 25.0 Å². The summed E-state index contributed by atoms with van der Waals surface area (Å²) in [5.74, 6) is -0.755. The molecule has 0 saturated heterocycles. The number of anilines is 1. The summed E-state index contributed by atoms with van der Waals surface area (Å²) in [6.07, 6.45) is 2.26. The van der Waals surface area contributed by atoms with E-state index in [1.165, 1.54) is 12.5 Å². The molecule has 0 spiro atoms. The molecule has 216 valence electrons. The Balaban J connectivity index is 1.27. The first kappa shape index (κ1) is 29.6. The topological polar surface area (TPSA) is 117 Å². The highest BCUT2D eigenvalue weighted by molar-refractivity contribution is 7.89. The number of rotatable bonds is 9. The molecular weight excluding hydrogens is 549 g/mol. The third kappa shape index (κ3) is 7.61. The lowest BCUT2D eigenvalue weighted by molar-refractivity contribution is -0.137.